The number of alkyl carbamates (subject to hydrolysis) is 1. The Morgan fingerprint density at radius 3 is 2.19 bits per heavy atom. The molecule has 1 heterocycles. The van der Waals surface area contributed by atoms with Crippen LogP contribution in [0.1, 0.15) is 48.5 Å². The van der Waals surface area contributed by atoms with Gasteiger partial charge in [-0.05, 0) is 48.1 Å². The van der Waals surface area contributed by atoms with Gasteiger partial charge in [0.15, 0.2) is 0 Å². The van der Waals surface area contributed by atoms with Gasteiger partial charge in [0.25, 0.3) is 11.7 Å². The van der Waals surface area contributed by atoms with E-state index in [0.29, 0.717) is 31.4 Å². The largest absolute Gasteiger partial charge is 0.465 e. The van der Waals surface area contributed by atoms with Gasteiger partial charge in [-0.25, -0.2) is 9.59 Å². The van der Waals surface area contributed by atoms with Gasteiger partial charge in [-0.3, -0.25) is 9.59 Å². The van der Waals surface area contributed by atoms with Gasteiger partial charge in [-0.1, -0.05) is 72.8 Å². The topological polar surface area (TPSA) is 202 Å². The monoisotopic (exact) mass is 721 g/mol. The first-order chi connectivity index (χ1) is 25.0. The molecule has 280 valence electrons. The van der Waals surface area contributed by atoms with Crippen LogP contribution in [0, 0.1) is 0 Å². The molecule has 1 fully saturated rings. The van der Waals surface area contributed by atoms with Gasteiger partial charge in [0, 0.05) is 32.0 Å². The third kappa shape index (κ3) is 11.3. The number of methoxy groups -OCH3 is 1. The molecule has 3 aromatic rings. The zero-order valence-electron chi connectivity index (χ0n) is 29.2. The predicted molar refractivity (Wildman–Crippen MR) is 189 cm³/mol. The van der Waals surface area contributed by atoms with E-state index in [9.17, 15) is 34.5 Å². The van der Waals surface area contributed by atoms with E-state index in [1.165, 1.54) is 6.92 Å². The molecule has 1 aliphatic heterocycles. The molecule has 0 aliphatic carbocycles. The number of nitrogens with one attached hydrogen (secondary N) is 3. The van der Waals surface area contributed by atoms with Crippen molar-refractivity contribution < 1.29 is 53.4 Å². The number of ether oxygens (including phenoxy) is 4. The average molecular weight is 722 g/mol. The SMILES string of the molecule is COC(=O)C1(OCCCCCNC(=O)OCc2ccccc2)CC(O)C(NC(C)=O)C([C@@H](O)[C@H](O)CNC(=O)c2ccc(-c3ccccc3)cc2)O1. The third-order valence-corrected chi connectivity index (χ3v) is 8.53. The molecule has 14 nitrogen and oxygen atoms in total. The summed E-state index contributed by atoms with van der Waals surface area (Å²) < 4.78 is 22.0. The van der Waals surface area contributed by atoms with Crippen LogP contribution in [0.5, 0.6) is 0 Å². The summed E-state index contributed by atoms with van der Waals surface area (Å²) >= 11 is 0. The van der Waals surface area contributed by atoms with Gasteiger partial charge in [-0.2, -0.15) is 0 Å². The Bertz CT molecular complexity index is 1590. The fourth-order valence-corrected chi connectivity index (χ4v) is 5.79. The highest BCUT2D eigenvalue weighted by Crippen LogP contribution is 2.34. The lowest BCUT2D eigenvalue weighted by molar-refractivity contribution is -0.311. The first-order valence-corrected chi connectivity index (χ1v) is 17.1. The highest BCUT2D eigenvalue weighted by Gasteiger charge is 2.56. The standard InChI is InChI=1S/C38H47N3O11/c1-25(42)41-32-30(43)22-38(36(47)49-2,51-21-11-5-10-20-39-37(48)50-24-26-12-6-3-7-13-26)52-34(32)33(45)31(44)23-40-35(46)29-18-16-28(17-19-29)27-14-8-4-9-15-27/h3-4,6-9,12-19,30-34,43-45H,5,10-11,20-24H2,1-2H3,(H,39,48)(H,40,46)(H,41,42)/t30?,31-,32?,33+,34?,38?/m1/s1. The number of carbonyl (C=O) groups excluding carboxylic acids is 4. The van der Waals surface area contributed by atoms with E-state index < -0.39 is 73.1 Å². The van der Waals surface area contributed by atoms with Crippen LogP contribution in [-0.2, 0) is 35.1 Å². The van der Waals surface area contributed by atoms with E-state index >= 15 is 0 Å². The summed E-state index contributed by atoms with van der Waals surface area (Å²) in [5.41, 5.74) is 3.08. The predicted octanol–water partition coefficient (Wildman–Crippen LogP) is 2.44. The fraction of sp³-hybridized carbons (Fsp3) is 0.421. The number of hydrogen-bond donors (Lipinski definition) is 6. The molecule has 4 unspecified atom stereocenters. The second kappa shape index (κ2) is 19.7. The molecule has 0 bridgehead atoms. The van der Waals surface area contributed by atoms with Crippen LogP contribution in [0.25, 0.3) is 11.1 Å². The summed E-state index contributed by atoms with van der Waals surface area (Å²) in [6, 6.07) is 24.5. The number of unbranched alkanes of at least 4 members (excludes halogenated alkanes) is 2. The summed E-state index contributed by atoms with van der Waals surface area (Å²) in [5, 5.41) is 41.1. The minimum absolute atomic E-state index is 0.0322. The van der Waals surface area contributed by atoms with Crippen molar-refractivity contribution in [2.75, 3.05) is 26.8 Å². The lowest BCUT2D eigenvalue weighted by atomic mass is 9.88. The van der Waals surface area contributed by atoms with Crippen molar-refractivity contribution in [3.8, 4) is 11.1 Å². The maximum atomic E-state index is 13.1. The van der Waals surface area contributed by atoms with Gasteiger partial charge in [0.1, 0.15) is 18.8 Å². The van der Waals surface area contributed by atoms with Crippen molar-refractivity contribution in [1.29, 1.82) is 0 Å². The third-order valence-electron chi connectivity index (χ3n) is 8.53. The van der Waals surface area contributed by atoms with Crippen LogP contribution in [-0.4, -0.2) is 102 Å². The quantitative estimate of drug-likeness (QED) is 0.0883. The molecule has 6 atom stereocenters. The zero-order valence-corrected chi connectivity index (χ0v) is 29.2. The second-order valence-electron chi connectivity index (χ2n) is 12.4. The van der Waals surface area contributed by atoms with Crippen molar-refractivity contribution in [1.82, 2.24) is 16.0 Å². The van der Waals surface area contributed by atoms with Gasteiger partial charge < -0.3 is 50.2 Å². The smallest absolute Gasteiger partial charge is 0.407 e. The highest BCUT2D eigenvalue weighted by molar-refractivity contribution is 5.94. The lowest BCUT2D eigenvalue weighted by Crippen LogP contribution is -2.68. The summed E-state index contributed by atoms with van der Waals surface area (Å²) in [5.74, 6) is -4.25. The van der Waals surface area contributed by atoms with Gasteiger partial charge >= 0.3 is 12.1 Å². The molecule has 52 heavy (non-hydrogen) atoms. The number of aliphatic hydroxyl groups is 3. The first-order valence-electron chi connectivity index (χ1n) is 17.1. The normalized spacial score (nSPS) is 20.9. The Kier molecular flexibility index (Phi) is 15.1. The van der Waals surface area contributed by atoms with Crippen molar-refractivity contribution >= 4 is 23.9 Å². The van der Waals surface area contributed by atoms with E-state index in [2.05, 4.69) is 16.0 Å². The van der Waals surface area contributed by atoms with E-state index in [-0.39, 0.29) is 13.2 Å². The maximum Gasteiger partial charge on any atom is 0.407 e. The number of hydrogen-bond acceptors (Lipinski definition) is 11. The molecule has 14 heteroatoms. The molecule has 1 saturated heterocycles. The Labute approximate surface area is 302 Å². The highest BCUT2D eigenvalue weighted by atomic mass is 16.7. The second-order valence-corrected chi connectivity index (χ2v) is 12.4. The molecule has 0 aromatic heterocycles. The van der Waals surface area contributed by atoms with Gasteiger partial charge in [0.05, 0.1) is 32.0 Å². The molecule has 0 radical (unpaired) electrons. The molecule has 3 amide bonds. The van der Waals surface area contributed by atoms with E-state index in [1.807, 2.05) is 60.7 Å². The molecule has 0 spiro atoms. The van der Waals surface area contributed by atoms with E-state index in [1.54, 1.807) is 24.3 Å². The van der Waals surface area contributed by atoms with Crippen LogP contribution in [0.3, 0.4) is 0 Å². The Hall–Kier alpha value is -4.86. The Morgan fingerprint density at radius 1 is 0.885 bits per heavy atom. The number of carbonyl (C=O) groups is 4. The zero-order chi connectivity index (χ0) is 37.5. The van der Waals surface area contributed by atoms with Crippen LogP contribution in [0.2, 0.25) is 0 Å². The Balaban J connectivity index is 1.31. The van der Waals surface area contributed by atoms with Gasteiger partial charge in [0.2, 0.25) is 5.91 Å². The summed E-state index contributed by atoms with van der Waals surface area (Å²) in [6.45, 7) is 1.23. The molecular weight excluding hydrogens is 674 g/mol. The average Bonchev–Trinajstić information content (AvgIpc) is 3.16. The van der Waals surface area contributed by atoms with Crippen molar-refractivity contribution in [2.24, 2.45) is 0 Å². The fourth-order valence-electron chi connectivity index (χ4n) is 5.79. The minimum Gasteiger partial charge on any atom is -0.465 e. The number of benzene rings is 3. The maximum absolute atomic E-state index is 13.1. The molecule has 4 rings (SSSR count). The van der Waals surface area contributed by atoms with Gasteiger partial charge in [-0.15, -0.1) is 0 Å². The van der Waals surface area contributed by atoms with Crippen LogP contribution < -0.4 is 16.0 Å². The number of aliphatic hydroxyl groups excluding tert-OH is 3. The van der Waals surface area contributed by atoms with Crippen LogP contribution >= 0.6 is 0 Å². The Morgan fingerprint density at radius 2 is 1.54 bits per heavy atom. The molecule has 3 aromatic carbocycles. The summed E-state index contributed by atoms with van der Waals surface area (Å²) in [7, 11) is 1.10. The van der Waals surface area contributed by atoms with Crippen molar-refractivity contribution in [3.63, 3.8) is 0 Å². The number of esters is 1. The number of amides is 3. The van der Waals surface area contributed by atoms with Crippen LogP contribution in [0.15, 0.2) is 84.9 Å². The van der Waals surface area contributed by atoms with E-state index in [4.69, 9.17) is 18.9 Å². The molecule has 0 saturated carbocycles. The van der Waals surface area contributed by atoms with E-state index in [0.717, 1.165) is 23.8 Å². The molecule has 6 N–H and O–H groups in total. The van der Waals surface area contributed by atoms with Crippen molar-refractivity contribution in [2.45, 2.75) is 75.5 Å². The number of rotatable bonds is 17. The molecule has 1 aliphatic rings. The van der Waals surface area contributed by atoms with Crippen molar-refractivity contribution in [3.05, 3.63) is 96.1 Å². The minimum atomic E-state index is -2.18. The molecular formula is C38H47N3O11. The lowest BCUT2D eigenvalue weighted by Gasteiger charge is -2.47. The first kappa shape index (κ1) is 39.9. The summed E-state index contributed by atoms with van der Waals surface area (Å²) in [6.07, 6.45) is -5.92. The summed E-state index contributed by atoms with van der Waals surface area (Å²) in [4.78, 5) is 50.0. The van der Waals surface area contributed by atoms with Crippen LogP contribution in [0.4, 0.5) is 4.79 Å².